The third kappa shape index (κ3) is 4.35. The summed E-state index contributed by atoms with van der Waals surface area (Å²) < 4.78 is 7.59. The Morgan fingerprint density at radius 3 is 2.39 bits per heavy atom. The Kier molecular flexibility index (Phi) is 5.85. The van der Waals surface area contributed by atoms with Crippen LogP contribution < -0.4 is 10.1 Å². The highest BCUT2D eigenvalue weighted by molar-refractivity contribution is 5.94. The predicted molar refractivity (Wildman–Crippen MR) is 125 cm³/mol. The van der Waals surface area contributed by atoms with Crippen molar-refractivity contribution in [3.8, 4) is 23.0 Å². The molecule has 0 bridgehead atoms. The third-order valence-electron chi connectivity index (χ3n) is 5.85. The molecular weight excluding hydrogens is 414 g/mol. The Hall–Kier alpha value is -4.00. The first-order valence-electron chi connectivity index (χ1n) is 11.2. The summed E-state index contributed by atoms with van der Waals surface area (Å²) in [5.74, 6) is 2.47. The van der Waals surface area contributed by atoms with Gasteiger partial charge in [0.1, 0.15) is 17.3 Å². The van der Waals surface area contributed by atoms with Crippen LogP contribution in [0.5, 0.6) is 5.75 Å². The Labute approximate surface area is 192 Å². The second-order valence-corrected chi connectivity index (χ2v) is 8.07. The molecular formula is C26H25N5O2. The van der Waals surface area contributed by atoms with Crippen molar-refractivity contribution in [2.75, 3.05) is 6.61 Å². The lowest BCUT2D eigenvalue weighted by Gasteiger charge is -2.35. The maximum atomic E-state index is 12.5. The molecule has 1 saturated carbocycles. The van der Waals surface area contributed by atoms with Crippen LogP contribution >= 0.6 is 0 Å². The second-order valence-electron chi connectivity index (χ2n) is 8.07. The van der Waals surface area contributed by atoms with Crippen molar-refractivity contribution in [3.05, 3.63) is 90.4 Å². The number of pyridine rings is 1. The van der Waals surface area contributed by atoms with Gasteiger partial charge >= 0.3 is 0 Å². The van der Waals surface area contributed by atoms with Crippen molar-refractivity contribution in [2.45, 2.75) is 31.7 Å². The Bertz CT molecular complexity index is 1220. The zero-order valence-corrected chi connectivity index (χ0v) is 18.4. The zero-order chi connectivity index (χ0) is 22.6. The second kappa shape index (κ2) is 9.24. The molecule has 7 heteroatoms. The van der Waals surface area contributed by atoms with Gasteiger partial charge in [0.05, 0.1) is 12.8 Å². The van der Waals surface area contributed by atoms with E-state index in [0.717, 1.165) is 35.8 Å². The maximum absolute atomic E-state index is 12.5. The molecule has 1 N–H and O–H groups in total. The first-order valence-corrected chi connectivity index (χ1v) is 11.2. The van der Waals surface area contributed by atoms with Crippen LogP contribution in [0.2, 0.25) is 0 Å². The molecule has 4 aromatic rings. The van der Waals surface area contributed by atoms with Gasteiger partial charge in [0.25, 0.3) is 5.91 Å². The van der Waals surface area contributed by atoms with Crippen LogP contribution in [-0.4, -0.2) is 38.3 Å². The molecule has 0 unspecified atom stereocenters. The fraction of sp³-hybridized carbons (Fsp3) is 0.231. The standard InChI is InChI=1S/C26H25N5O2/c1-2-33-22-13-14-23(27-17-22)25-30-29-24(31(25)21-11-7-4-8-12-21)19-15-20(16-19)28-26(32)18-9-5-3-6-10-18/h3-14,17,19-20H,2,15-16H2,1H3,(H,28,32). The first-order chi connectivity index (χ1) is 16.2. The molecule has 0 saturated heterocycles. The van der Waals surface area contributed by atoms with Crippen LogP contribution in [0.25, 0.3) is 17.2 Å². The van der Waals surface area contributed by atoms with E-state index in [4.69, 9.17) is 4.74 Å². The van der Waals surface area contributed by atoms with Gasteiger partial charge in [-0.15, -0.1) is 10.2 Å². The number of rotatable bonds is 7. The summed E-state index contributed by atoms with van der Waals surface area (Å²) in [6, 6.07) is 23.3. The van der Waals surface area contributed by atoms with Crippen LogP contribution in [0.4, 0.5) is 0 Å². The molecule has 2 heterocycles. The molecule has 0 aliphatic heterocycles. The highest BCUT2D eigenvalue weighted by Crippen LogP contribution is 2.38. The summed E-state index contributed by atoms with van der Waals surface area (Å²) in [4.78, 5) is 17.0. The molecule has 0 atom stereocenters. The van der Waals surface area contributed by atoms with Gasteiger partial charge in [-0.1, -0.05) is 36.4 Å². The number of hydrogen-bond donors (Lipinski definition) is 1. The van der Waals surface area contributed by atoms with Crippen molar-refractivity contribution >= 4 is 5.91 Å². The fourth-order valence-corrected chi connectivity index (χ4v) is 4.13. The van der Waals surface area contributed by atoms with E-state index >= 15 is 0 Å². The van der Waals surface area contributed by atoms with E-state index in [1.54, 1.807) is 6.20 Å². The van der Waals surface area contributed by atoms with Crippen molar-refractivity contribution in [1.29, 1.82) is 0 Å². The Morgan fingerprint density at radius 1 is 1.00 bits per heavy atom. The van der Waals surface area contributed by atoms with Gasteiger partial charge in [0, 0.05) is 23.2 Å². The lowest BCUT2D eigenvalue weighted by molar-refractivity contribution is 0.0907. The number of benzene rings is 2. The summed E-state index contributed by atoms with van der Waals surface area (Å²) in [6.45, 7) is 2.54. The number of aromatic nitrogens is 4. The van der Waals surface area contributed by atoms with E-state index in [1.165, 1.54) is 0 Å². The largest absolute Gasteiger partial charge is 0.492 e. The third-order valence-corrected chi connectivity index (χ3v) is 5.85. The SMILES string of the molecule is CCOc1ccc(-c2nnc(C3CC(NC(=O)c4ccccc4)C3)n2-c2ccccc2)nc1. The summed E-state index contributed by atoms with van der Waals surface area (Å²) in [7, 11) is 0. The van der Waals surface area contributed by atoms with Gasteiger partial charge in [-0.05, 0) is 56.2 Å². The number of amides is 1. The van der Waals surface area contributed by atoms with Gasteiger partial charge in [0.15, 0.2) is 5.82 Å². The molecule has 2 aromatic heterocycles. The number of carbonyl (C=O) groups is 1. The van der Waals surface area contributed by atoms with Crippen LogP contribution in [-0.2, 0) is 0 Å². The molecule has 1 aliphatic carbocycles. The summed E-state index contributed by atoms with van der Waals surface area (Å²) in [6.07, 6.45) is 3.35. The van der Waals surface area contributed by atoms with Crippen LogP contribution in [0.15, 0.2) is 79.0 Å². The van der Waals surface area contributed by atoms with Gasteiger partial charge in [-0.2, -0.15) is 0 Å². The van der Waals surface area contributed by atoms with Gasteiger partial charge in [-0.25, -0.2) is 4.98 Å². The van der Waals surface area contributed by atoms with E-state index in [0.29, 0.717) is 18.0 Å². The molecule has 1 fully saturated rings. The minimum Gasteiger partial charge on any atom is -0.492 e. The monoisotopic (exact) mass is 439 g/mol. The number of carbonyl (C=O) groups excluding carboxylic acids is 1. The van der Waals surface area contributed by atoms with E-state index in [-0.39, 0.29) is 17.9 Å². The van der Waals surface area contributed by atoms with Gasteiger partial charge < -0.3 is 10.1 Å². The molecule has 166 valence electrons. The highest BCUT2D eigenvalue weighted by atomic mass is 16.5. The molecule has 7 nitrogen and oxygen atoms in total. The Balaban J connectivity index is 1.38. The Morgan fingerprint density at radius 2 is 1.73 bits per heavy atom. The molecule has 5 rings (SSSR count). The average Bonchev–Trinajstić information content (AvgIpc) is 3.27. The molecule has 1 aliphatic rings. The van der Waals surface area contributed by atoms with Gasteiger partial charge in [-0.3, -0.25) is 9.36 Å². The number of nitrogens with zero attached hydrogens (tertiary/aromatic N) is 4. The summed E-state index contributed by atoms with van der Waals surface area (Å²) in [5, 5.41) is 12.2. The molecule has 2 aromatic carbocycles. The normalized spacial score (nSPS) is 17.2. The van der Waals surface area contributed by atoms with E-state index in [1.807, 2.05) is 79.7 Å². The minimum absolute atomic E-state index is 0.0390. The smallest absolute Gasteiger partial charge is 0.251 e. The predicted octanol–water partition coefficient (Wildman–Crippen LogP) is 4.40. The van der Waals surface area contributed by atoms with Crippen LogP contribution in [0, 0.1) is 0 Å². The minimum atomic E-state index is -0.0390. The molecule has 0 spiro atoms. The van der Waals surface area contributed by atoms with Crippen molar-refractivity contribution < 1.29 is 9.53 Å². The van der Waals surface area contributed by atoms with Crippen LogP contribution in [0.3, 0.4) is 0 Å². The highest BCUT2D eigenvalue weighted by Gasteiger charge is 2.36. The molecule has 0 radical (unpaired) electrons. The lowest BCUT2D eigenvalue weighted by Crippen LogP contribution is -2.44. The van der Waals surface area contributed by atoms with Crippen molar-refractivity contribution in [3.63, 3.8) is 0 Å². The van der Waals surface area contributed by atoms with Crippen molar-refractivity contribution in [1.82, 2.24) is 25.1 Å². The molecule has 1 amide bonds. The first kappa shape index (κ1) is 20.9. The number of hydrogen-bond acceptors (Lipinski definition) is 5. The summed E-state index contributed by atoms with van der Waals surface area (Å²) >= 11 is 0. The van der Waals surface area contributed by atoms with Crippen LogP contribution in [0.1, 0.15) is 41.9 Å². The number of nitrogens with one attached hydrogen (secondary N) is 1. The quantitative estimate of drug-likeness (QED) is 0.461. The maximum Gasteiger partial charge on any atom is 0.251 e. The topological polar surface area (TPSA) is 81.9 Å². The average molecular weight is 440 g/mol. The number of ether oxygens (including phenoxy) is 1. The summed E-state index contributed by atoms with van der Waals surface area (Å²) in [5.41, 5.74) is 2.39. The lowest BCUT2D eigenvalue weighted by atomic mass is 9.79. The van der Waals surface area contributed by atoms with E-state index in [9.17, 15) is 4.79 Å². The van der Waals surface area contributed by atoms with Gasteiger partial charge in [0.2, 0.25) is 0 Å². The zero-order valence-electron chi connectivity index (χ0n) is 18.4. The van der Waals surface area contributed by atoms with E-state index in [2.05, 4.69) is 25.1 Å². The fourth-order valence-electron chi connectivity index (χ4n) is 4.13. The van der Waals surface area contributed by atoms with E-state index < -0.39 is 0 Å². The molecule has 33 heavy (non-hydrogen) atoms. The van der Waals surface area contributed by atoms with Crippen molar-refractivity contribution in [2.24, 2.45) is 0 Å². The number of para-hydroxylation sites is 1.